The minimum atomic E-state index is -0.563. The van der Waals surface area contributed by atoms with Crippen LogP contribution in [-0.4, -0.2) is 16.6 Å². The Hall–Kier alpha value is -1.30. The molecule has 0 saturated heterocycles. The number of rotatable bonds is 2. The fourth-order valence-electron chi connectivity index (χ4n) is 2.52. The van der Waals surface area contributed by atoms with Gasteiger partial charge in [0, 0.05) is 11.6 Å². The first kappa shape index (κ1) is 14.6. The molecule has 1 saturated carbocycles. The minimum Gasteiger partial charge on any atom is -0.396 e. The van der Waals surface area contributed by atoms with Gasteiger partial charge in [0.15, 0.2) is 10.8 Å². The molecule has 5 nitrogen and oxygen atoms in total. The first-order chi connectivity index (χ1) is 9.99. The number of hydrogen-bond acceptors (Lipinski definition) is 4. The summed E-state index contributed by atoms with van der Waals surface area (Å²) in [4.78, 5) is 15.9. The molecule has 110 valence electrons. The lowest BCUT2D eigenvalue weighted by Crippen LogP contribution is -2.35. The van der Waals surface area contributed by atoms with Crippen LogP contribution in [0.25, 0.3) is 0 Å². The zero-order valence-corrected chi connectivity index (χ0v) is 13.0. The zero-order chi connectivity index (χ0) is 15.1. The zero-order valence-electron chi connectivity index (χ0n) is 10.7. The normalized spacial score (nSPS) is 24.8. The smallest absolute Gasteiger partial charge is 0.291 e. The molecule has 2 aliphatic rings. The summed E-state index contributed by atoms with van der Waals surface area (Å²) in [6.07, 6.45) is 6.16. The largest absolute Gasteiger partial charge is 0.396 e. The van der Waals surface area contributed by atoms with E-state index in [-0.39, 0.29) is 26.6 Å². The van der Waals surface area contributed by atoms with Crippen molar-refractivity contribution < 1.29 is 4.79 Å². The summed E-state index contributed by atoms with van der Waals surface area (Å²) in [5.74, 6) is 0.405. The van der Waals surface area contributed by atoms with Gasteiger partial charge in [0.05, 0.1) is 10.7 Å². The summed E-state index contributed by atoms with van der Waals surface area (Å²) in [5, 5.41) is 4.06. The Morgan fingerprint density at radius 1 is 1.38 bits per heavy atom. The maximum Gasteiger partial charge on any atom is 0.291 e. The molecule has 3 N–H and O–H groups in total. The number of nitrogens with zero attached hydrogens (tertiary/aromatic N) is 2. The van der Waals surface area contributed by atoms with E-state index in [1.807, 2.05) is 0 Å². The lowest BCUT2D eigenvalue weighted by molar-refractivity contribution is 0.0949. The van der Waals surface area contributed by atoms with E-state index in [2.05, 4.69) is 27.7 Å². The predicted octanol–water partition coefficient (Wildman–Crippen LogP) is 3.31. The summed E-state index contributed by atoms with van der Waals surface area (Å²) in [7, 11) is 0. The van der Waals surface area contributed by atoms with Crippen molar-refractivity contribution in [2.45, 2.75) is 12.8 Å². The lowest BCUT2D eigenvalue weighted by Gasteiger charge is -2.31. The Kier molecular flexibility index (Phi) is 3.82. The minimum absolute atomic E-state index is 0.0276. The van der Waals surface area contributed by atoms with Gasteiger partial charge in [-0.1, -0.05) is 47.0 Å². The monoisotopic (exact) mass is 344 g/mol. The van der Waals surface area contributed by atoms with Crippen LogP contribution in [0.1, 0.15) is 23.3 Å². The van der Waals surface area contributed by atoms with E-state index in [4.69, 9.17) is 40.5 Å². The van der Waals surface area contributed by atoms with Gasteiger partial charge in [-0.3, -0.25) is 4.79 Å². The van der Waals surface area contributed by atoms with Crippen LogP contribution in [0.5, 0.6) is 0 Å². The summed E-state index contributed by atoms with van der Waals surface area (Å²) in [6, 6.07) is 0. The Labute approximate surface area is 136 Å². The molecule has 0 aromatic carbocycles. The number of nitrogens with two attached hydrogens (primary N) is 1. The molecule has 3 rings (SSSR count). The van der Waals surface area contributed by atoms with E-state index in [0.717, 1.165) is 18.6 Å². The fraction of sp³-hybridized carbons (Fsp3) is 0.308. The van der Waals surface area contributed by atoms with Crippen molar-refractivity contribution in [1.29, 1.82) is 0 Å². The molecule has 1 heterocycles. The third kappa shape index (κ3) is 2.50. The predicted molar refractivity (Wildman–Crippen MR) is 83.9 cm³/mol. The second-order valence-electron chi connectivity index (χ2n) is 4.98. The standard InChI is InChI=1S/C13H11Cl3N4O/c14-8-10(17)9(15)12(16)18-11(8)13(21)20-19-7-4-5-2-1-3-6(5)7/h1-2,5-6H,3-4H2,(H2,17,18)(H,20,21)/b19-7-/t5-,6-/m0/s1. The van der Waals surface area contributed by atoms with Crippen molar-refractivity contribution >= 4 is 52.1 Å². The number of nitrogen functional groups attached to an aromatic ring is 1. The molecule has 8 heteroatoms. The second-order valence-corrected chi connectivity index (χ2v) is 6.09. The maximum atomic E-state index is 12.1. The summed E-state index contributed by atoms with van der Waals surface area (Å²) < 4.78 is 0. The molecular weight excluding hydrogens is 335 g/mol. The van der Waals surface area contributed by atoms with Crippen LogP contribution in [0.4, 0.5) is 5.69 Å². The van der Waals surface area contributed by atoms with Gasteiger partial charge in [0.25, 0.3) is 5.91 Å². The number of hydrazone groups is 1. The summed E-state index contributed by atoms with van der Waals surface area (Å²) in [6.45, 7) is 0. The molecule has 0 spiro atoms. The molecule has 2 atom stereocenters. The van der Waals surface area contributed by atoms with Crippen LogP contribution in [-0.2, 0) is 0 Å². The highest BCUT2D eigenvalue weighted by Crippen LogP contribution is 2.40. The molecule has 0 aliphatic heterocycles. The van der Waals surface area contributed by atoms with Gasteiger partial charge in [-0.15, -0.1) is 0 Å². The van der Waals surface area contributed by atoms with Gasteiger partial charge in [0.2, 0.25) is 0 Å². The molecule has 0 unspecified atom stereocenters. The molecule has 1 fully saturated rings. The number of pyridine rings is 1. The Bertz CT molecular complexity index is 686. The van der Waals surface area contributed by atoms with E-state index in [1.54, 1.807) is 0 Å². The number of nitrogens with one attached hydrogen (secondary N) is 1. The Balaban J connectivity index is 1.76. The van der Waals surface area contributed by atoms with Gasteiger partial charge in [-0.05, 0) is 18.8 Å². The summed E-state index contributed by atoms with van der Waals surface area (Å²) >= 11 is 17.6. The third-order valence-electron chi connectivity index (χ3n) is 3.75. The van der Waals surface area contributed by atoms with Crippen LogP contribution in [0, 0.1) is 11.8 Å². The Morgan fingerprint density at radius 2 is 2.14 bits per heavy atom. The van der Waals surface area contributed by atoms with E-state index in [9.17, 15) is 4.79 Å². The van der Waals surface area contributed by atoms with Crippen molar-refractivity contribution in [1.82, 2.24) is 10.4 Å². The second kappa shape index (κ2) is 5.48. The highest BCUT2D eigenvalue weighted by Gasteiger charge is 2.38. The number of carbonyl (C=O) groups excluding carboxylic acids is 1. The van der Waals surface area contributed by atoms with Crippen molar-refractivity contribution in [3.05, 3.63) is 33.0 Å². The average molecular weight is 346 g/mol. The van der Waals surface area contributed by atoms with Gasteiger partial charge in [-0.2, -0.15) is 5.10 Å². The topological polar surface area (TPSA) is 80.4 Å². The molecule has 1 amide bonds. The molecule has 1 aromatic rings. The van der Waals surface area contributed by atoms with Crippen molar-refractivity contribution in [2.24, 2.45) is 16.9 Å². The highest BCUT2D eigenvalue weighted by molar-refractivity contribution is 6.46. The quantitative estimate of drug-likeness (QED) is 0.490. The van der Waals surface area contributed by atoms with E-state index >= 15 is 0 Å². The molecule has 0 bridgehead atoms. The van der Waals surface area contributed by atoms with Gasteiger partial charge in [0.1, 0.15) is 5.02 Å². The van der Waals surface area contributed by atoms with Crippen LogP contribution in [0.2, 0.25) is 15.2 Å². The van der Waals surface area contributed by atoms with Gasteiger partial charge >= 0.3 is 0 Å². The van der Waals surface area contributed by atoms with Crippen LogP contribution in [0.3, 0.4) is 0 Å². The number of halogens is 3. The van der Waals surface area contributed by atoms with Crippen LogP contribution >= 0.6 is 34.8 Å². The van der Waals surface area contributed by atoms with E-state index in [1.165, 1.54) is 0 Å². The van der Waals surface area contributed by atoms with E-state index < -0.39 is 5.91 Å². The number of hydrogen-bond donors (Lipinski definition) is 2. The van der Waals surface area contributed by atoms with E-state index in [0.29, 0.717) is 11.8 Å². The van der Waals surface area contributed by atoms with Crippen LogP contribution < -0.4 is 11.2 Å². The number of anilines is 1. The van der Waals surface area contributed by atoms with Gasteiger partial charge in [-0.25, -0.2) is 10.4 Å². The first-order valence-corrected chi connectivity index (χ1v) is 7.46. The number of amides is 1. The number of aromatic nitrogens is 1. The SMILES string of the molecule is Nc1c(Cl)c(Cl)nc(C(=O)N/N=C2/C[C@@H]3C=CC[C@H]23)c1Cl. The molecular formula is C13H11Cl3N4O. The average Bonchev–Trinajstić information content (AvgIpc) is 2.82. The van der Waals surface area contributed by atoms with Crippen LogP contribution in [0.15, 0.2) is 17.3 Å². The number of fused-ring (bicyclic) bond motifs is 1. The molecule has 1 aromatic heterocycles. The summed E-state index contributed by atoms with van der Waals surface area (Å²) in [5.41, 5.74) is 9.03. The fourth-order valence-corrected chi connectivity index (χ4v) is 3.11. The van der Waals surface area contributed by atoms with Crippen molar-refractivity contribution in [2.75, 3.05) is 5.73 Å². The van der Waals surface area contributed by atoms with Crippen molar-refractivity contribution in [3.8, 4) is 0 Å². The van der Waals surface area contributed by atoms with Gasteiger partial charge < -0.3 is 5.73 Å². The van der Waals surface area contributed by atoms with Crippen molar-refractivity contribution in [3.63, 3.8) is 0 Å². The molecule has 21 heavy (non-hydrogen) atoms. The third-order valence-corrected chi connectivity index (χ3v) is 4.89. The maximum absolute atomic E-state index is 12.1. The first-order valence-electron chi connectivity index (χ1n) is 6.32. The highest BCUT2D eigenvalue weighted by atomic mass is 35.5. The lowest BCUT2D eigenvalue weighted by atomic mass is 9.74. The Morgan fingerprint density at radius 3 is 2.86 bits per heavy atom. The number of carbonyl (C=O) groups is 1. The molecule has 2 aliphatic carbocycles. The number of allylic oxidation sites excluding steroid dienone is 2. The molecule has 0 radical (unpaired) electrons.